The van der Waals surface area contributed by atoms with E-state index in [1.54, 1.807) is 23.1 Å². The third-order valence-corrected chi connectivity index (χ3v) is 4.99. The minimum absolute atomic E-state index is 0.158. The van der Waals surface area contributed by atoms with E-state index < -0.39 is 23.3 Å². The smallest absolute Gasteiger partial charge is 0.410 e. The Morgan fingerprint density at radius 2 is 1.73 bits per heavy atom. The van der Waals surface area contributed by atoms with Gasteiger partial charge in [-0.15, -0.1) is 0 Å². The van der Waals surface area contributed by atoms with Crippen LogP contribution in [0.4, 0.5) is 4.79 Å². The van der Waals surface area contributed by atoms with Crippen molar-refractivity contribution < 1.29 is 33.3 Å². The molecule has 0 aliphatic carbocycles. The highest BCUT2D eigenvalue weighted by molar-refractivity contribution is 6.18. The maximum Gasteiger partial charge on any atom is 0.410 e. The first kappa shape index (κ1) is 24.6. The van der Waals surface area contributed by atoms with Gasteiger partial charge in [0.05, 0.1) is 0 Å². The second-order valence-corrected chi connectivity index (χ2v) is 9.47. The van der Waals surface area contributed by atoms with Crippen LogP contribution < -0.4 is 4.74 Å². The van der Waals surface area contributed by atoms with Gasteiger partial charge in [-0.3, -0.25) is 4.90 Å². The Balaban J connectivity index is 1.48. The summed E-state index contributed by atoms with van der Waals surface area (Å²) in [6.07, 6.45) is 1.15. The lowest BCUT2D eigenvalue weighted by atomic mass is 10.1. The first-order chi connectivity index (χ1) is 15.4. The third-order valence-electron chi connectivity index (χ3n) is 4.99. The molecular weight excluding hydrogens is 428 g/mol. The minimum atomic E-state index is -1.27. The van der Waals surface area contributed by atoms with Gasteiger partial charge in [0, 0.05) is 46.6 Å². The Kier molecular flexibility index (Phi) is 7.31. The Hall–Kier alpha value is -3.07. The molecule has 0 unspecified atom stereocenters. The molecule has 2 fully saturated rings. The molecule has 0 atom stereocenters. The molecule has 0 N–H and O–H groups in total. The molecule has 2 heterocycles. The van der Waals surface area contributed by atoms with Crippen molar-refractivity contribution in [2.45, 2.75) is 46.0 Å². The van der Waals surface area contributed by atoms with Crippen molar-refractivity contribution in [2.75, 3.05) is 39.3 Å². The second-order valence-electron chi connectivity index (χ2n) is 9.47. The molecule has 9 nitrogen and oxygen atoms in total. The molecular formula is C24H32N2O7. The average molecular weight is 461 g/mol. The van der Waals surface area contributed by atoms with E-state index in [0.29, 0.717) is 37.6 Å². The Morgan fingerprint density at radius 1 is 1.09 bits per heavy atom. The Morgan fingerprint density at radius 3 is 2.33 bits per heavy atom. The number of ether oxygens (including phenoxy) is 4. The lowest BCUT2D eigenvalue weighted by Crippen LogP contribution is -2.50. The van der Waals surface area contributed by atoms with E-state index in [9.17, 15) is 14.4 Å². The number of carbonyl (C=O) groups excluding carboxylic acids is 3. The summed E-state index contributed by atoms with van der Waals surface area (Å²) in [6.45, 7) is 12.5. The van der Waals surface area contributed by atoms with Crippen molar-refractivity contribution >= 4 is 24.1 Å². The zero-order valence-corrected chi connectivity index (χ0v) is 19.9. The molecule has 0 spiro atoms. The number of benzene rings is 1. The molecule has 0 aromatic heterocycles. The standard InChI is InChI=1S/C24H32N2O7/c1-23(2,3)33-22(29)26-11-9-25(10-12-26)13-14-30-18-8-6-7-17(15-18)16-19-20(27)31-24(4,5)32-21(19)28/h6-8,15-16H,9-14H2,1-5H3. The normalized spacial score (nSPS) is 18.9. The van der Waals surface area contributed by atoms with Crippen LogP contribution >= 0.6 is 0 Å². The maximum absolute atomic E-state index is 12.2. The highest BCUT2D eigenvalue weighted by Gasteiger charge is 2.38. The van der Waals surface area contributed by atoms with Gasteiger partial charge in [0.25, 0.3) is 5.79 Å². The van der Waals surface area contributed by atoms with Gasteiger partial charge in [-0.25, -0.2) is 14.4 Å². The number of esters is 2. The summed E-state index contributed by atoms with van der Waals surface area (Å²) in [5.74, 6) is -2.08. The van der Waals surface area contributed by atoms with Gasteiger partial charge in [0.2, 0.25) is 0 Å². The summed E-state index contributed by atoms with van der Waals surface area (Å²) in [5, 5.41) is 0. The number of rotatable bonds is 5. The van der Waals surface area contributed by atoms with Crippen LogP contribution in [0.5, 0.6) is 5.75 Å². The summed E-state index contributed by atoms with van der Waals surface area (Å²) in [6, 6.07) is 7.09. The lowest BCUT2D eigenvalue weighted by molar-refractivity contribution is -0.222. The minimum Gasteiger partial charge on any atom is -0.492 e. The topological polar surface area (TPSA) is 94.6 Å². The van der Waals surface area contributed by atoms with E-state index in [2.05, 4.69) is 4.90 Å². The second kappa shape index (κ2) is 9.82. The SMILES string of the molecule is CC(C)(C)OC(=O)N1CCN(CCOc2cccc(C=C3C(=O)OC(C)(C)OC3=O)c2)CC1. The Labute approximate surface area is 194 Å². The van der Waals surface area contributed by atoms with Gasteiger partial charge in [-0.1, -0.05) is 12.1 Å². The van der Waals surface area contributed by atoms with E-state index in [4.69, 9.17) is 18.9 Å². The van der Waals surface area contributed by atoms with Crippen LogP contribution in [-0.2, 0) is 23.8 Å². The van der Waals surface area contributed by atoms with Gasteiger partial charge in [0.15, 0.2) is 0 Å². The molecule has 1 aromatic carbocycles. The van der Waals surface area contributed by atoms with Crippen LogP contribution in [0, 0.1) is 0 Å². The highest BCUT2D eigenvalue weighted by atomic mass is 16.7. The molecule has 0 radical (unpaired) electrons. The molecule has 0 saturated carbocycles. The molecule has 9 heteroatoms. The summed E-state index contributed by atoms with van der Waals surface area (Å²) < 4.78 is 21.5. The van der Waals surface area contributed by atoms with Gasteiger partial charge in [0.1, 0.15) is 23.5 Å². The number of hydrogen-bond acceptors (Lipinski definition) is 8. The van der Waals surface area contributed by atoms with E-state index in [1.165, 1.54) is 19.9 Å². The van der Waals surface area contributed by atoms with Gasteiger partial charge >= 0.3 is 18.0 Å². The van der Waals surface area contributed by atoms with Crippen molar-refractivity contribution in [3.05, 3.63) is 35.4 Å². The van der Waals surface area contributed by atoms with Crippen molar-refractivity contribution in [1.29, 1.82) is 0 Å². The quantitative estimate of drug-likeness (QED) is 0.376. The predicted molar refractivity (Wildman–Crippen MR) is 120 cm³/mol. The van der Waals surface area contributed by atoms with Crippen molar-refractivity contribution in [3.63, 3.8) is 0 Å². The van der Waals surface area contributed by atoms with Crippen LogP contribution in [0.1, 0.15) is 40.2 Å². The first-order valence-corrected chi connectivity index (χ1v) is 11.0. The van der Waals surface area contributed by atoms with E-state index in [0.717, 1.165) is 13.1 Å². The fourth-order valence-electron chi connectivity index (χ4n) is 3.41. The van der Waals surface area contributed by atoms with Crippen LogP contribution in [0.3, 0.4) is 0 Å². The summed E-state index contributed by atoms with van der Waals surface area (Å²) in [7, 11) is 0. The van der Waals surface area contributed by atoms with Crippen molar-refractivity contribution in [3.8, 4) is 5.75 Å². The van der Waals surface area contributed by atoms with Gasteiger partial charge in [-0.2, -0.15) is 0 Å². The zero-order valence-electron chi connectivity index (χ0n) is 19.9. The van der Waals surface area contributed by atoms with Crippen LogP contribution in [0.2, 0.25) is 0 Å². The number of nitrogens with zero attached hydrogens (tertiary/aromatic N) is 2. The number of piperazine rings is 1. The molecule has 3 rings (SSSR count). The number of amides is 1. The molecule has 2 aliphatic rings. The molecule has 1 aromatic rings. The fourth-order valence-corrected chi connectivity index (χ4v) is 3.41. The third kappa shape index (κ3) is 7.21. The zero-order chi connectivity index (χ0) is 24.2. The predicted octanol–water partition coefficient (Wildman–Crippen LogP) is 2.84. The van der Waals surface area contributed by atoms with Crippen molar-refractivity contribution in [1.82, 2.24) is 9.80 Å². The van der Waals surface area contributed by atoms with E-state index in [1.807, 2.05) is 26.8 Å². The van der Waals surface area contributed by atoms with Crippen LogP contribution in [-0.4, -0.2) is 78.6 Å². The number of carbonyl (C=O) groups is 3. The van der Waals surface area contributed by atoms with Gasteiger partial charge < -0.3 is 23.8 Å². The molecule has 1 amide bonds. The molecule has 2 saturated heterocycles. The number of cyclic esters (lactones) is 2. The highest BCUT2D eigenvalue weighted by Crippen LogP contribution is 2.25. The van der Waals surface area contributed by atoms with E-state index >= 15 is 0 Å². The van der Waals surface area contributed by atoms with Crippen molar-refractivity contribution in [2.24, 2.45) is 0 Å². The first-order valence-electron chi connectivity index (χ1n) is 11.0. The van der Waals surface area contributed by atoms with E-state index in [-0.39, 0.29) is 11.7 Å². The van der Waals surface area contributed by atoms with Gasteiger partial charge in [-0.05, 0) is 44.5 Å². The van der Waals surface area contributed by atoms with Crippen LogP contribution in [0.25, 0.3) is 6.08 Å². The lowest BCUT2D eigenvalue weighted by Gasteiger charge is -2.35. The molecule has 0 bridgehead atoms. The van der Waals surface area contributed by atoms with Crippen LogP contribution in [0.15, 0.2) is 29.8 Å². The molecule has 180 valence electrons. The largest absolute Gasteiger partial charge is 0.492 e. The Bertz CT molecular complexity index is 903. The average Bonchev–Trinajstić information content (AvgIpc) is 2.70. The molecule has 33 heavy (non-hydrogen) atoms. The summed E-state index contributed by atoms with van der Waals surface area (Å²) in [5.41, 5.74) is -0.0304. The molecule has 2 aliphatic heterocycles. The fraction of sp³-hybridized carbons (Fsp3) is 0.542. The summed E-state index contributed by atoms with van der Waals surface area (Å²) >= 11 is 0. The monoisotopic (exact) mass is 460 g/mol. The number of hydrogen-bond donors (Lipinski definition) is 0. The maximum atomic E-state index is 12.2. The summed E-state index contributed by atoms with van der Waals surface area (Å²) in [4.78, 5) is 40.4.